The molecule has 1 aromatic heterocycles. The number of hydrogen-bond acceptors (Lipinski definition) is 2. The molecule has 0 atom stereocenters. The van der Waals surface area contributed by atoms with Gasteiger partial charge in [-0.2, -0.15) is 5.10 Å². The van der Waals surface area contributed by atoms with Gasteiger partial charge in [-0.3, -0.25) is 5.10 Å². The van der Waals surface area contributed by atoms with Gasteiger partial charge in [0.15, 0.2) is 0 Å². The molecular weight excluding hydrogens is 356 g/mol. The lowest BCUT2D eigenvalue weighted by atomic mass is 9.74. The molecule has 4 aromatic rings. The Balaban J connectivity index is 1.88. The maximum absolute atomic E-state index is 10.3. The lowest BCUT2D eigenvalue weighted by molar-refractivity contribution is 0.468. The van der Waals surface area contributed by atoms with Crippen LogP contribution in [0.1, 0.15) is 56.9 Å². The minimum atomic E-state index is -0.143. The van der Waals surface area contributed by atoms with Crippen LogP contribution in [0.4, 0.5) is 0 Å². The second-order valence-corrected chi connectivity index (χ2v) is 9.90. The minimum Gasteiger partial charge on any atom is -0.508 e. The topological polar surface area (TPSA) is 48.9 Å². The van der Waals surface area contributed by atoms with Crippen LogP contribution in [0.3, 0.4) is 0 Å². The summed E-state index contributed by atoms with van der Waals surface area (Å²) < 4.78 is 0. The largest absolute Gasteiger partial charge is 0.508 e. The van der Waals surface area contributed by atoms with Gasteiger partial charge in [-0.15, -0.1) is 0 Å². The SMILES string of the molecule is Cc1c(CC(C)(C)c2cc(O)cc3ccccc23)cc2cn[nH]c2c1C(C)(C)C. The van der Waals surface area contributed by atoms with Gasteiger partial charge in [0.2, 0.25) is 0 Å². The minimum absolute atomic E-state index is 0.0206. The highest BCUT2D eigenvalue weighted by Gasteiger charge is 2.28. The van der Waals surface area contributed by atoms with E-state index in [0.717, 1.165) is 22.7 Å². The molecule has 0 fully saturated rings. The number of benzene rings is 3. The van der Waals surface area contributed by atoms with Crippen molar-refractivity contribution in [3.05, 3.63) is 70.9 Å². The Hall–Kier alpha value is -2.81. The third-order valence-electron chi connectivity index (χ3n) is 6.06. The smallest absolute Gasteiger partial charge is 0.116 e. The Kier molecular flexibility index (Phi) is 4.45. The third kappa shape index (κ3) is 3.39. The van der Waals surface area contributed by atoms with Crippen LogP contribution in [-0.4, -0.2) is 15.3 Å². The number of H-pyrrole nitrogens is 1. The van der Waals surface area contributed by atoms with E-state index in [2.05, 4.69) is 76.0 Å². The third-order valence-corrected chi connectivity index (χ3v) is 6.06. The van der Waals surface area contributed by atoms with Crippen molar-refractivity contribution in [3.63, 3.8) is 0 Å². The molecule has 0 spiro atoms. The van der Waals surface area contributed by atoms with Gasteiger partial charge >= 0.3 is 0 Å². The zero-order valence-electron chi connectivity index (χ0n) is 18.2. The van der Waals surface area contributed by atoms with Crippen LogP contribution >= 0.6 is 0 Å². The summed E-state index contributed by atoms with van der Waals surface area (Å²) in [5.41, 5.74) is 6.19. The highest BCUT2D eigenvalue weighted by atomic mass is 16.3. The van der Waals surface area contributed by atoms with Gasteiger partial charge in [0, 0.05) is 5.39 Å². The maximum atomic E-state index is 10.3. The van der Waals surface area contributed by atoms with E-state index < -0.39 is 0 Å². The second-order valence-electron chi connectivity index (χ2n) is 9.90. The van der Waals surface area contributed by atoms with Gasteiger partial charge in [-0.1, -0.05) is 58.9 Å². The first-order valence-electron chi connectivity index (χ1n) is 10.3. The molecule has 0 aliphatic carbocycles. The van der Waals surface area contributed by atoms with E-state index >= 15 is 0 Å². The van der Waals surface area contributed by atoms with Gasteiger partial charge in [0.05, 0.1) is 11.7 Å². The van der Waals surface area contributed by atoms with Crippen LogP contribution in [0.2, 0.25) is 0 Å². The summed E-state index contributed by atoms with van der Waals surface area (Å²) in [5.74, 6) is 0.323. The first-order valence-corrected chi connectivity index (χ1v) is 10.3. The number of phenols is 1. The zero-order valence-corrected chi connectivity index (χ0v) is 18.2. The number of aromatic nitrogens is 2. The van der Waals surface area contributed by atoms with E-state index in [1.165, 1.54) is 27.6 Å². The number of hydrogen-bond donors (Lipinski definition) is 2. The average molecular weight is 387 g/mol. The van der Waals surface area contributed by atoms with Crippen LogP contribution < -0.4 is 0 Å². The normalized spacial score (nSPS) is 12.8. The van der Waals surface area contributed by atoms with E-state index in [9.17, 15) is 5.11 Å². The summed E-state index contributed by atoms with van der Waals surface area (Å²) in [6, 6.07) is 14.3. The molecule has 0 saturated heterocycles. The summed E-state index contributed by atoms with van der Waals surface area (Å²) in [7, 11) is 0. The lowest BCUT2D eigenvalue weighted by Crippen LogP contribution is -2.23. The Morgan fingerprint density at radius 3 is 2.41 bits per heavy atom. The van der Waals surface area contributed by atoms with Crippen molar-refractivity contribution in [2.45, 2.75) is 58.8 Å². The molecule has 3 heteroatoms. The van der Waals surface area contributed by atoms with Crippen LogP contribution in [0.15, 0.2) is 48.7 Å². The summed E-state index contributed by atoms with van der Waals surface area (Å²) >= 11 is 0. The molecule has 0 saturated carbocycles. The molecular formula is C26H30N2O. The molecule has 0 amide bonds. The Bertz CT molecular complexity index is 1210. The Morgan fingerprint density at radius 1 is 0.966 bits per heavy atom. The summed E-state index contributed by atoms with van der Waals surface area (Å²) in [6.45, 7) is 13.5. The fourth-order valence-corrected chi connectivity index (χ4v) is 4.80. The molecule has 0 aliphatic heterocycles. The van der Waals surface area contributed by atoms with Gasteiger partial charge in [-0.25, -0.2) is 0 Å². The molecule has 3 aromatic carbocycles. The maximum Gasteiger partial charge on any atom is 0.116 e. The first kappa shape index (κ1) is 19.5. The van der Waals surface area contributed by atoms with Crippen LogP contribution in [0.5, 0.6) is 5.75 Å². The van der Waals surface area contributed by atoms with Crippen molar-refractivity contribution in [3.8, 4) is 5.75 Å². The molecule has 0 unspecified atom stereocenters. The fraction of sp³-hybridized carbons (Fsp3) is 0.346. The monoisotopic (exact) mass is 386 g/mol. The fourth-order valence-electron chi connectivity index (χ4n) is 4.80. The second kappa shape index (κ2) is 6.62. The number of aromatic amines is 1. The van der Waals surface area contributed by atoms with Crippen molar-refractivity contribution in [2.75, 3.05) is 0 Å². The van der Waals surface area contributed by atoms with Crippen molar-refractivity contribution < 1.29 is 5.11 Å². The molecule has 0 bridgehead atoms. The molecule has 150 valence electrons. The van der Waals surface area contributed by atoms with E-state index in [1.54, 1.807) is 0 Å². The number of aromatic hydroxyl groups is 1. The molecule has 3 nitrogen and oxygen atoms in total. The molecule has 2 N–H and O–H groups in total. The van der Waals surface area contributed by atoms with E-state index in [-0.39, 0.29) is 10.8 Å². The summed E-state index contributed by atoms with van der Waals surface area (Å²) in [5, 5.41) is 21.3. The average Bonchev–Trinajstić information content (AvgIpc) is 3.07. The highest BCUT2D eigenvalue weighted by molar-refractivity contribution is 5.88. The van der Waals surface area contributed by atoms with Crippen LogP contribution in [-0.2, 0) is 17.3 Å². The number of fused-ring (bicyclic) bond motifs is 2. The number of rotatable bonds is 3. The predicted octanol–water partition coefficient (Wildman–Crippen LogP) is 6.55. The first-order chi connectivity index (χ1) is 13.6. The molecule has 4 rings (SSSR count). The lowest BCUT2D eigenvalue weighted by Gasteiger charge is -2.30. The molecule has 0 aliphatic rings. The number of phenolic OH excluding ortho intramolecular Hbond substituents is 1. The van der Waals surface area contributed by atoms with Gasteiger partial charge in [-0.05, 0) is 75.4 Å². The number of nitrogens with one attached hydrogen (secondary N) is 1. The van der Waals surface area contributed by atoms with Crippen LogP contribution in [0, 0.1) is 6.92 Å². The van der Waals surface area contributed by atoms with E-state index in [1.807, 2.05) is 24.4 Å². The molecule has 0 radical (unpaired) electrons. The Labute approximate surface area is 172 Å². The van der Waals surface area contributed by atoms with E-state index in [4.69, 9.17) is 0 Å². The van der Waals surface area contributed by atoms with Gasteiger partial charge in [0.1, 0.15) is 5.75 Å². The van der Waals surface area contributed by atoms with E-state index in [0.29, 0.717) is 5.75 Å². The predicted molar refractivity (Wildman–Crippen MR) is 122 cm³/mol. The molecule has 1 heterocycles. The summed E-state index contributed by atoms with van der Waals surface area (Å²) in [6.07, 6.45) is 2.81. The Morgan fingerprint density at radius 2 is 1.69 bits per heavy atom. The van der Waals surface area contributed by atoms with Crippen molar-refractivity contribution in [1.29, 1.82) is 0 Å². The highest BCUT2D eigenvalue weighted by Crippen LogP contribution is 2.39. The van der Waals surface area contributed by atoms with Crippen molar-refractivity contribution in [2.24, 2.45) is 0 Å². The van der Waals surface area contributed by atoms with Gasteiger partial charge < -0.3 is 5.11 Å². The van der Waals surface area contributed by atoms with Crippen molar-refractivity contribution in [1.82, 2.24) is 10.2 Å². The quantitative estimate of drug-likeness (QED) is 0.419. The number of nitrogens with zero attached hydrogens (tertiary/aromatic N) is 1. The standard InChI is InChI=1S/C26H30N2O/c1-16-18(11-19-15-27-28-24(19)23(16)25(2,3)4)14-26(5,6)22-13-20(29)12-17-9-7-8-10-21(17)22/h7-13,15,29H,14H2,1-6H3,(H,27,28). The zero-order chi connectivity index (χ0) is 21.0. The van der Waals surface area contributed by atoms with Crippen LogP contribution in [0.25, 0.3) is 21.7 Å². The molecule has 29 heavy (non-hydrogen) atoms. The summed E-state index contributed by atoms with van der Waals surface area (Å²) in [4.78, 5) is 0. The van der Waals surface area contributed by atoms with Crippen molar-refractivity contribution >= 4 is 21.7 Å². The van der Waals surface area contributed by atoms with Gasteiger partial charge in [0.25, 0.3) is 0 Å².